The highest BCUT2D eigenvalue weighted by atomic mass is 15.6. The predicted octanol–water partition coefficient (Wildman–Crippen LogP) is 7.47. The van der Waals surface area contributed by atoms with Crippen LogP contribution in [-0.2, 0) is 0 Å². The number of nitrogens with zero attached hydrogens (tertiary/aromatic N) is 2. The molecule has 4 nitrogen and oxygen atoms in total. The van der Waals surface area contributed by atoms with E-state index in [4.69, 9.17) is 4.99 Å². The Morgan fingerprint density at radius 1 is 0.576 bits per heavy atom. The van der Waals surface area contributed by atoms with Crippen LogP contribution >= 0.6 is 0 Å². The predicted molar refractivity (Wildman–Crippen MR) is 140 cm³/mol. The Kier molecular flexibility index (Phi) is 5.98. The standard InChI is InChI=1S/C29H24N4/c1-4-15-24(16-5-1)30-29(31-25-17-6-2-7-18-25)33(26-19-8-3-9-20-26)32-28-22-12-14-23-13-10-11-21-27(23)28/h1-22,32H,(H,30,31). The zero-order valence-electron chi connectivity index (χ0n) is 18.1. The quantitative estimate of drug-likeness (QED) is 0.173. The summed E-state index contributed by atoms with van der Waals surface area (Å²) >= 11 is 0. The third-order valence-corrected chi connectivity index (χ3v) is 5.27. The maximum absolute atomic E-state index is 4.98. The minimum atomic E-state index is 0.659. The summed E-state index contributed by atoms with van der Waals surface area (Å²) in [4.78, 5) is 4.98. The fraction of sp³-hybridized carbons (Fsp3) is 0. The highest BCUT2D eigenvalue weighted by Crippen LogP contribution is 2.26. The molecule has 0 spiro atoms. The number of guanidine groups is 1. The number of hydrogen-bond donors (Lipinski definition) is 2. The van der Waals surface area contributed by atoms with Crippen LogP contribution in [0.25, 0.3) is 10.8 Å². The molecule has 0 aromatic heterocycles. The number of anilines is 3. The molecule has 0 aliphatic rings. The number of aliphatic imine (C=N–C) groups is 1. The smallest absolute Gasteiger partial charge is 0.227 e. The van der Waals surface area contributed by atoms with Crippen LogP contribution in [0.2, 0.25) is 0 Å². The van der Waals surface area contributed by atoms with E-state index in [9.17, 15) is 0 Å². The van der Waals surface area contributed by atoms with E-state index in [2.05, 4.69) is 65.3 Å². The van der Waals surface area contributed by atoms with Crippen LogP contribution in [0, 0.1) is 0 Å². The Labute approximate surface area is 193 Å². The molecule has 0 unspecified atom stereocenters. The van der Waals surface area contributed by atoms with Crippen molar-refractivity contribution in [2.45, 2.75) is 0 Å². The Balaban J connectivity index is 1.62. The molecular weight excluding hydrogens is 404 g/mol. The average Bonchev–Trinajstić information content (AvgIpc) is 2.89. The van der Waals surface area contributed by atoms with Gasteiger partial charge in [-0.2, -0.15) is 0 Å². The summed E-state index contributed by atoms with van der Waals surface area (Å²) in [5, 5.41) is 7.81. The first-order chi connectivity index (χ1) is 16.4. The molecule has 0 bridgehead atoms. The molecular formula is C29H24N4. The molecule has 0 saturated carbocycles. The van der Waals surface area contributed by atoms with Crippen LogP contribution in [0.4, 0.5) is 22.7 Å². The highest BCUT2D eigenvalue weighted by Gasteiger charge is 2.16. The van der Waals surface area contributed by atoms with Gasteiger partial charge in [-0.15, -0.1) is 0 Å². The van der Waals surface area contributed by atoms with Crippen molar-refractivity contribution >= 4 is 39.5 Å². The van der Waals surface area contributed by atoms with Gasteiger partial charge in [0, 0.05) is 11.1 Å². The number of benzene rings is 5. The van der Waals surface area contributed by atoms with E-state index < -0.39 is 0 Å². The Morgan fingerprint density at radius 3 is 1.94 bits per heavy atom. The van der Waals surface area contributed by atoms with Gasteiger partial charge >= 0.3 is 0 Å². The lowest BCUT2D eigenvalue weighted by Crippen LogP contribution is -2.41. The second-order valence-electron chi connectivity index (χ2n) is 7.57. The SMILES string of the molecule is c1ccc(N=C(Nc2ccccc2)N(Nc2cccc3ccccc23)c2ccccc2)cc1. The highest BCUT2D eigenvalue weighted by molar-refractivity contribution is 6.09. The summed E-state index contributed by atoms with van der Waals surface area (Å²) < 4.78 is 0. The van der Waals surface area contributed by atoms with Gasteiger partial charge in [0.2, 0.25) is 5.96 Å². The van der Waals surface area contributed by atoms with Crippen molar-refractivity contribution in [1.82, 2.24) is 0 Å². The summed E-state index contributed by atoms with van der Waals surface area (Å²) in [6.07, 6.45) is 0. The average molecular weight is 429 g/mol. The molecule has 0 aliphatic carbocycles. The lowest BCUT2D eigenvalue weighted by Gasteiger charge is -2.29. The van der Waals surface area contributed by atoms with E-state index in [0.29, 0.717) is 5.96 Å². The normalized spacial score (nSPS) is 11.2. The molecule has 33 heavy (non-hydrogen) atoms. The zero-order chi connectivity index (χ0) is 22.3. The number of para-hydroxylation sites is 3. The zero-order valence-corrected chi connectivity index (χ0v) is 18.1. The van der Waals surface area contributed by atoms with Gasteiger partial charge in [-0.3, -0.25) is 5.43 Å². The van der Waals surface area contributed by atoms with Gasteiger partial charge in [-0.25, -0.2) is 10.0 Å². The number of hydrogen-bond acceptors (Lipinski definition) is 2. The van der Waals surface area contributed by atoms with E-state index in [0.717, 1.165) is 28.1 Å². The molecule has 2 N–H and O–H groups in total. The van der Waals surface area contributed by atoms with Crippen molar-refractivity contribution in [2.24, 2.45) is 4.99 Å². The second kappa shape index (κ2) is 9.71. The first-order valence-corrected chi connectivity index (χ1v) is 10.9. The molecule has 5 aromatic rings. The van der Waals surface area contributed by atoms with Crippen molar-refractivity contribution in [3.63, 3.8) is 0 Å². The summed E-state index contributed by atoms with van der Waals surface area (Å²) in [7, 11) is 0. The van der Waals surface area contributed by atoms with Crippen molar-refractivity contribution in [2.75, 3.05) is 15.8 Å². The third kappa shape index (κ3) is 4.86. The lowest BCUT2D eigenvalue weighted by atomic mass is 10.1. The Morgan fingerprint density at radius 2 is 1.18 bits per heavy atom. The Bertz CT molecular complexity index is 1340. The van der Waals surface area contributed by atoms with Crippen molar-refractivity contribution in [3.05, 3.63) is 133 Å². The fourth-order valence-corrected chi connectivity index (χ4v) is 3.67. The number of nitrogens with one attached hydrogen (secondary N) is 2. The fourth-order valence-electron chi connectivity index (χ4n) is 3.67. The monoisotopic (exact) mass is 428 g/mol. The van der Waals surface area contributed by atoms with Crippen molar-refractivity contribution < 1.29 is 0 Å². The van der Waals surface area contributed by atoms with Gasteiger partial charge in [0.05, 0.1) is 17.1 Å². The van der Waals surface area contributed by atoms with Crippen LogP contribution in [0.1, 0.15) is 0 Å². The number of fused-ring (bicyclic) bond motifs is 1. The van der Waals surface area contributed by atoms with Crippen LogP contribution in [0.15, 0.2) is 138 Å². The van der Waals surface area contributed by atoms with E-state index in [-0.39, 0.29) is 0 Å². The van der Waals surface area contributed by atoms with Gasteiger partial charge in [-0.1, -0.05) is 91.0 Å². The van der Waals surface area contributed by atoms with Crippen LogP contribution in [0.3, 0.4) is 0 Å². The molecule has 0 aliphatic heterocycles. The van der Waals surface area contributed by atoms with E-state index >= 15 is 0 Å². The van der Waals surface area contributed by atoms with Gasteiger partial charge < -0.3 is 5.32 Å². The third-order valence-electron chi connectivity index (χ3n) is 5.27. The summed E-state index contributed by atoms with van der Waals surface area (Å²) in [5.74, 6) is 0.659. The van der Waals surface area contributed by atoms with E-state index in [1.165, 1.54) is 5.39 Å². The second-order valence-corrected chi connectivity index (χ2v) is 7.57. The molecule has 5 rings (SSSR count). The minimum Gasteiger partial charge on any atom is -0.324 e. The van der Waals surface area contributed by atoms with Crippen LogP contribution < -0.4 is 15.8 Å². The Hall–Kier alpha value is -4.57. The van der Waals surface area contributed by atoms with E-state index in [1.54, 1.807) is 0 Å². The molecule has 4 heteroatoms. The van der Waals surface area contributed by atoms with Crippen LogP contribution in [-0.4, -0.2) is 5.96 Å². The first-order valence-electron chi connectivity index (χ1n) is 10.9. The lowest BCUT2D eigenvalue weighted by molar-refractivity contribution is 1.19. The molecule has 5 aromatic carbocycles. The molecule has 0 heterocycles. The maximum Gasteiger partial charge on any atom is 0.227 e. The molecule has 0 saturated heterocycles. The van der Waals surface area contributed by atoms with Gasteiger partial charge in [0.1, 0.15) is 0 Å². The number of hydrazine groups is 1. The van der Waals surface area contributed by atoms with Crippen molar-refractivity contribution in [3.8, 4) is 0 Å². The minimum absolute atomic E-state index is 0.659. The van der Waals surface area contributed by atoms with Gasteiger partial charge in [0.15, 0.2) is 0 Å². The molecule has 0 atom stereocenters. The molecule has 0 fully saturated rings. The van der Waals surface area contributed by atoms with Crippen molar-refractivity contribution in [1.29, 1.82) is 0 Å². The largest absolute Gasteiger partial charge is 0.324 e. The molecule has 0 amide bonds. The van der Waals surface area contributed by atoms with Gasteiger partial charge in [-0.05, 0) is 47.9 Å². The van der Waals surface area contributed by atoms with Crippen LogP contribution in [0.5, 0.6) is 0 Å². The number of rotatable bonds is 5. The van der Waals surface area contributed by atoms with E-state index in [1.807, 2.05) is 83.9 Å². The topological polar surface area (TPSA) is 39.7 Å². The molecule has 160 valence electrons. The first kappa shape index (κ1) is 20.3. The summed E-state index contributed by atoms with van der Waals surface area (Å²) in [6, 6.07) is 44.8. The maximum atomic E-state index is 4.98. The summed E-state index contributed by atoms with van der Waals surface area (Å²) in [5.41, 5.74) is 7.38. The summed E-state index contributed by atoms with van der Waals surface area (Å²) in [6.45, 7) is 0. The molecule has 0 radical (unpaired) electrons. The van der Waals surface area contributed by atoms with Gasteiger partial charge in [0.25, 0.3) is 0 Å².